The monoisotopic (exact) mass is 264 g/mol. The summed E-state index contributed by atoms with van der Waals surface area (Å²) in [5, 5.41) is 12.9. The Balaban J connectivity index is 1.90. The molecule has 0 heterocycles. The van der Waals surface area contributed by atoms with Crippen molar-refractivity contribution in [1.82, 2.24) is 5.32 Å². The maximum atomic E-state index is 9.56. The zero-order chi connectivity index (χ0) is 13.9. The lowest BCUT2D eigenvalue weighted by atomic mass is 9.81. The standard InChI is InChI=1S/C16H28N2O/c1-4-18-16(10-17,14-5-6-14)11-19-15-8-12(2)7-13(3)9-15/h12-15,18H,4-9,11H2,1-3H3. The van der Waals surface area contributed by atoms with E-state index in [4.69, 9.17) is 4.74 Å². The maximum absolute atomic E-state index is 9.56. The molecule has 0 aromatic carbocycles. The Morgan fingerprint density at radius 3 is 2.32 bits per heavy atom. The van der Waals surface area contributed by atoms with Crippen molar-refractivity contribution in [2.75, 3.05) is 13.2 Å². The number of rotatable bonds is 6. The molecule has 108 valence electrons. The molecular weight excluding hydrogens is 236 g/mol. The third kappa shape index (κ3) is 3.70. The van der Waals surface area contributed by atoms with Gasteiger partial charge in [0.2, 0.25) is 0 Å². The highest BCUT2D eigenvalue weighted by molar-refractivity contribution is 5.15. The number of ether oxygens (including phenoxy) is 1. The Labute approximate surface area is 117 Å². The van der Waals surface area contributed by atoms with E-state index in [1.165, 1.54) is 19.3 Å². The molecule has 0 radical (unpaired) electrons. The van der Waals surface area contributed by atoms with Gasteiger partial charge in [-0.1, -0.05) is 20.8 Å². The van der Waals surface area contributed by atoms with Crippen molar-refractivity contribution in [2.45, 2.75) is 64.5 Å². The first-order chi connectivity index (χ1) is 9.09. The minimum Gasteiger partial charge on any atom is -0.375 e. The van der Waals surface area contributed by atoms with Crippen molar-refractivity contribution in [3.05, 3.63) is 0 Å². The molecule has 0 aliphatic heterocycles. The van der Waals surface area contributed by atoms with Gasteiger partial charge in [-0.05, 0) is 56.4 Å². The van der Waals surface area contributed by atoms with Crippen LogP contribution in [0.3, 0.4) is 0 Å². The molecule has 0 spiro atoms. The molecule has 3 atom stereocenters. The molecule has 1 N–H and O–H groups in total. The summed E-state index contributed by atoms with van der Waals surface area (Å²) in [5.74, 6) is 2.01. The highest BCUT2D eigenvalue weighted by atomic mass is 16.5. The Hall–Kier alpha value is -0.590. The number of nitrogens with one attached hydrogen (secondary N) is 1. The minimum atomic E-state index is -0.432. The molecule has 0 aromatic heterocycles. The smallest absolute Gasteiger partial charge is 0.133 e. The van der Waals surface area contributed by atoms with Gasteiger partial charge in [0.1, 0.15) is 5.54 Å². The molecule has 3 unspecified atom stereocenters. The lowest BCUT2D eigenvalue weighted by Crippen LogP contribution is -2.51. The molecule has 3 heteroatoms. The first-order valence-corrected chi connectivity index (χ1v) is 7.87. The van der Waals surface area contributed by atoms with Crippen molar-refractivity contribution < 1.29 is 4.74 Å². The number of likely N-dealkylation sites (N-methyl/N-ethyl adjacent to an activating group) is 1. The van der Waals surface area contributed by atoms with E-state index in [0.29, 0.717) is 18.6 Å². The lowest BCUT2D eigenvalue weighted by molar-refractivity contribution is -0.0226. The number of nitrogens with zero attached hydrogens (tertiary/aromatic N) is 1. The zero-order valence-corrected chi connectivity index (χ0v) is 12.6. The van der Waals surface area contributed by atoms with Gasteiger partial charge in [0.25, 0.3) is 0 Å². The van der Waals surface area contributed by atoms with E-state index in [2.05, 4.69) is 32.2 Å². The Kier molecular flexibility index (Phi) is 4.86. The third-order valence-electron chi connectivity index (χ3n) is 4.65. The molecule has 19 heavy (non-hydrogen) atoms. The van der Waals surface area contributed by atoms with Crippen LogP contribution < -0.4 is 5.32 Å². The molecule has 0 amide bonds. The van der Waals surface area contributed by atoms with Crippen molar-refractivity contribution in [3.8, 4) is 6.07 Å². The van der Waals surface area contributed by atoms with Gasteiger partial charge in [-0.2, -0.15) is 5.26 Å². The average Bonchev–Trinajstić information content (AvgIpc) is 3.18. The first-order valence-electron chi connectivity index (χ1n) is 7.87. The van der Waals surface area contributed by atoms with Crippen molar-refractivity contribution >= 4 is 0 Å². The van der Waals surface area contributed by atoms with Crippen LogP contribution in [0.2, 0.25) is 0 Å². The van der Waals surface area contributed by atoms with E-state index >= 15 is 0 Å². The van der Waals surface area contributed by atoms with Crippen LogP contribution >= 0.6 is 0 Å². The summed E-state index contributed by atoms with van der Waals surface area (Å²) in [5.41, 5.74) is -0.432. The number of hydrogen-bond donors (Lipinski definition) is 1. The van der Waals surface area contributed by atoms with Crippen LogP contribution in [0.5, 0.6) is 0 Å². The second kappa shape index (κ2) is 6.24. The summed E-state index contributed by atoms with van der Waals surface area (Å²) >= 11 is 0. The van der Waals surface area contributed by atoms with E-state index in [9.17, 15) is 5.26 Å². The molecule has 2 fully saturated rings. The fourth-order valence-electron chi connectivity index (χ4n) is 3.63. The summed E-state index contributed by atoms with van der Waals surface area (Å²) in [4.78, 5) is 0. The van der Waals surface area contributed by atoms with Crippen LogP contribution in [-0.4, -0.2) is 24.8 Å². The summed E-state index contributed by atoms with van der Waals surface area (Å²) in [6.45, 7) is 8.10. The van der Waals surface area contributed by atoms with Gasteiger partial charge in [0.05, 0.1) is 18.8 Å². The van der Waals surface area contributed by atoms with E-state index in [1.807, 2.05) is 0 Å². The Bertz CT molecular complexity index is 324. The lowest BCUT2D eigenvalue weighted by Gasteiger charge is -2.34. The SMILES string of the molecule is CCNC(C#N)(COC1CC(C)CC(C)C1)C1CC1. The molecule has 3 nitrogen and oxygen atoms in total. The van der Waals surface area contributed by atoms with Crippen molar-refractivity contribution in [1.29, 1.82) is 5.26 Å². The number of hydrogen-bond acceptors (Lipinski definition) is 3. The molecule has 2 aliphatic carbocycles. The summed E-state index contributed by atoms with van der Waals surface area (Å²) in [6.07, 6.45) is 6.32. The second-order valence-electron chi connectivity index (χ2n) is 6.74. The molecule has 2 rings (SSSR count). The quantitative estimate of drug-likeness (QED) is 0.801. The van der Waals surface area contributed by atoms with Gasteiger partial charge in [0.15, 0.2) is 0 Å². The van der Waals surface area contributed by atoms with E-state index < -0.39 is 5.54 Å². The molecule has 0 aromatic rings. The fourth-order valence-corrected chi connectivity index (χ4v) is 3.63. The number of nitriles is 1. The summed E-state index contributed by atoms with van der Waals surface area (Å²) in [6, 6.07) is 2.50. The van der Waals surface area contributed by atoms with E-state index in [1.54, 1.807) is 0 Å². The van der Waals surface area contributed by atoms with E-state index in [0.717, 1.165) is 31.2 Å². The van der Waals surface area contributed by atoms with Crippen molar-refractivity contribution in [2.24, 2.45) is 17.8 Å². The molecule has 2 saturated carbocycles. The normalized spacial score (nSPS) is 34.5. The molecular formula is C16H28N2O. The predicted molar refractivity (Wildman–Crippen MR) is 76.7 cm³/mol. The summed E-state index contributed by atoms with van der Waals surface area (Å²) < 4.78 is 6.15. The highest BCUT2D eigenvalue weighted by Gasteiger charge is 2.46. The Morgan fingerprint density at radius 2 is 1.84 bits per heavy atom. The van der Waals surface area contributed by atoms with Crippen LogP contribution in [0.25, 0.3) is 0 Å². The topological polar surface area (TPSA) is 45.0 Å². The van der Waals surface area contributed by atoms with Gasteiger partial charge in [0, 0.05) is 0 Å². The second-order valence-corrected chi connectivity index (χ2v) is 6.74. The zero-order valence-electron chi connectivity index (χ0n) is 12.6. The Morgan fingerprint density at radius 1 is 1.21 bits per heavy atom. The van der Waals surface area contributed by atoms with Crippen LogP contribution in [0.1, 0.15) is 52.9 Å². The fraction of sp³-hybridized carbons (Fsp3) is 0.938. The van der Waals surface area contributed by atoms with Crippen LogP contribution in [0.15, 0.2) is 0 Å². The molecule has 2 aliphatic rings. The molecule has 0 saturated heterocycles. The van der Waals surface area contributed by atoms with Crippen molar-refractivity contribution in [3.63, 3.8) is 0 Å². The van der Waals surface area contributed by atoms with Gasteiger partial charge >= 0.3 is 0 Å². The van der Waals surface area contributed by atoms with Gasteiger partial charge in [-0.3, -0.25) is 5.32 Å². The third-order valence-corrected chi connectivity index (χ3v) is 4.65. The predicted octanol–water partition coefficient (Wildman–Crippen LogP) is 3.11. The largest absolute Gasteiger partial charge is 0.375 e. The van der Waals surface area contributed by atoms with Gasteiger partial charge < -0.3 is 4.74 Å². The highest BCUT2D eigenvalue weighted by Crippen LogP contribution is 2.40. The van der Waals surface area contributed by atoms with Crippen LogP contribution in [-0.2, 0) is 4.74 Å². The maximum Gasteiger partial charge on any atom is 0.133 e. The van der Waals surface area contributed by atoms with Crippen LogP contribution in [0.4, 0.5) is 0 Å². The average molecular weight is 264 g/mol. The first kappa shape index (κ1) is 14.8. The van der Waals surface area contributed by atoms with Crippen LogP contribution in [0, 0.1) is 29.1 Å². The van der Waals surface area contributed by atoms with Gasteiger partial charge in [-0.15, -0.1) is 0 Å². The summed E-state index contributed by atoms with van der Waals surface area (Å²) in [7, 11) is 0. The minimum absolute atomic E-state index is 0.351. The molecule has 0 bridgehead atoms. The van der Waals surface area contributed by atoms with Gasteiger partial charge in [-0.25, -0.2) is 0 Å². The van der Waals surface area contributed by atoms with E-state index in [-0.39, 0.29) is 0 Å².